The summed E-state index contributed by atoms with van der Waals surface area (Å²) in [5, 5.41) is 2.44. The minimum atomic E-state index is 0.751. The van der Waals surface area contributed by atoms with Gasteiger partial charge in [0.25, 0.3) is 0 Å². The topological polar surface area (TPSA) is 40.7 Å². The van der Waals surface area contributed by atoms with E-state index in [0.29, 0.717) is 0 Å². The number of nitrogens with one attached hydrogen (secondary N) is 1. The number of benzene rings is 2. The first kappa shape index (κ1) is 20.7. The summed E-state index contributed by atoms with van der Waals surface area (Å²) in [6.45, 7) is 8.40. The number of ether oxygens (including phenoxy) is 2. The zero-order valence-corrected chi connectivity index (χ0v) is 18.6. The molecule has 0 aliphatic carbocycles. The van der Waals surface area contributed by atoms with Crippen molar-refractivity contribution < 1.29 is 9.47 Å². The first-order chi connectivity index (χ1) is 15.3. The second-order valence-electron chi connectivity index (χ2n) is 9.04. The van der Waals surface area contributed by atoms with E-state index in [4.69, 9.17) is 9.47 Å². The Morgan fingerprint density at radius 3 is 1.84 bits per heavy atom. The molecule has 0 spiro atoms. The summed E-state index contributed by atoms with van der Waals surface area (Å²) < 4.78 is 12.1. The summed E-state index contributed by atoms with van der Waals surface area (Å²) >= 11 is 0. The van der Waals surface area contributed by atoms with E-state index in [2.05, 4.69) is 51.2 Å². The molecule has 2 fully saturated rings. The van der Waals surface area contributed by atoms with E-state index >= 15 is 0 Å². The van der Waals surface area contributed by atoms with Crippen LogP contribution in [0.25, 0.3) is 21.8 Å². The molecule has 3 heterocycles. The summed E-state index contributed by atoms with van der Waals surface area (Å²) in [4.78, 5) is 8.57. The molecule has 0 unspecified atom stereocenters. The minimum Gasteiger partial charge on any atom is -0.492 e. The lowest BCUT2D eigenvalue weighted by Gasteiger charge is -2.26. The first-order valence-electron chi connectivity index (χ1n) is 12.1. The Hall–Kier alpha value is -2.24. The van der Waals surface area contributed by atoms with Gasteiger partial charge in [-0.1, -0.05) is 12.8 Å². The molecule has 0 bridgehead atoms. The van der Waals surface area contributed by atoms with E-state index in [9.17, 15) is 0 Å². The summed E-state index contributed by atoms with van der Waals surface area (Å²) in [7, 11) is 0. The third-order valence-corrected chi connectivity index (χ3v) is 6.79. The third-order valence-electron chi connectivity index (χ3n) is 6.79. The Morgan fingerprint density at radius 2 is 1.19 bits per heavy atom. The van der Waals surface area contributed by atoms with Crippen molar-refractivity contribution >= 4 is 21.8 Å². The van der Waals surface area contributed by atoms with Gasteiger partial charge < -0.3 is 14.5 Å². The number of aromatic nitrogens is 1. The number of rotatable bonds is 8. The maximum Gasteiger partial charge on any atom is 0.121 e. The maximum absolute atomic E-state index is 6.08. The van der Waals surface area contributed by atoms with Gasteiger partial charge in [-0.2, -0.15) is 0 Å². The van der Waals surface area contributed by atoms with Gasteiger partial charge in [0.15, 0.2) is 0 Å². The molecule has 2 saturated heterocycles. The number of nitrogens with zero attached hydrogens (tertiary/aromatic N) is 2. The summed E-state index contributed by atoms with van der Waals surface area (Å²) in [5.74, 6) is 1.89. The predicted molar refractivity (Wildman–Crippen MR) is 127 cm³/mol. The van der Waals surface area contributed by atoms with Crippen LogP contribution in [0.5, 0.6) is 11.5 Å². The van der Waals surface area contributed by atoms with Crippen molar-refractivity contribution in [1.29, 1.82) is 0 Å². The predicted octanol–water partition coefficient (Wildman–Crippen LogP) is 5.05. The highest BCUT2D eigenvalue weighted by atomic mass is 16.5. The van der Waals surface area contributed by atoms with Crippen LogP contribution >= 0.6 is 0 Å². The van der Waals surface area contributed by atoms with Crippen LogP contribution in [0.1, 0.15) is 38.5 Å². The van der Waals surface area contributed by atoms with E-state index in [0.717, 1.165) is 48.8 Å². The van der Waals surface area contributed by atoms with E-state index in [1.54, 1.807) is 0 Å². The van der Waals surface area contributed by atoms with E-state index in [1.165, 1.54) is 75.5 Å². The molecule has 0 atom stereocenters. The molecule has 0 radical (unpaired) electrons. The van der Waals surface area contributed by atoms with Gasteiger partial charge in [0.05, 0.1) is 5.52 Å². The Kier molecular flexibility index (Phi) is 6.61. The van der Waals surface area contributed by atoms with Crippen molar-refractivity contribution in [3.63, 3.8) is 0 Å². The number of H-pyrrole nitrogens is 1. The molecule has 5 nitrogen and oxygen atoms in total. The van der Waals surface area contributed by atoms with Crippen LogP contribution < -0.4 is 9.47 Å². The number of likely N-dealkylation sites (tertiary alicyclic amines) is 2. The normalized spacial score (nSPS) is 18.6. The minimum absolute atomic E-state index is 0.751. The quantitative estimate of drug-likeness (QED) is 0.553. The SMILES string of the molecule is c1cc2c(cc1OCCN1CCCCC1)[nH]c1ccc(OCCN3CCCCC3)cc12. The zero-order valence-electron chi connectivity index (χ0n) is 18.6. The maximum atomic E-state index is 6.08. The van der Waals surface area contributed by atoms with E-state index in [1.807, 2.05) is 0 Å². The van der Waals surface area contributed by atoms with Gasteiger partial charge in [-0.3, -0.25) is 9.80 Å². The molecule has 0 amide bonds. The Balaban J connectivity index is 1.20. The van der Waals surface area contributed by atoms with Crippen LogP contribution in [0.3, 0.4) is 0 Å². The van der Waals surface area contributed by atoms with Gasteiger partial charge >= 0.3 is 0 Å². The largest absolute Gasteiger partial charge is 0.492 e. The highest BCUT2D eigenvalue weighted by molar-refractivity contribution is 6.08. The third kappa shape index (κ3) is 5.16. The van der Waals surface area contributed by atoms with Crippen molar-refractivity contribution in [3.8, 4) is 11.5 Å². The van der Waals surface area contributed by atoms with Crippen molar-refractivity contribution in [2.45, 2.75) is 38.5 Å². The van der Waals surface area contributed by atoms with Crippen LogP contribution in [0, 0.1) is 0 Å². The number of aromatic amines is 1. The van der Waals surface area contributed by atoms with Crippen LogP contribution in [0.2, 0.25) is 0 Å². The molecule has 3 aromatic rings. The molecular formula is C26H35N3O2. The van der Waals surface area contributed by atoms with Crippen LogP contribution in [-0.2, 0) is 0 Å². The molecule has 2 aromatic carbocycles. The smallest absolute Gasteiger partial charge is 0.121 e. The van der Waals surface area contributed by atoms with Gasteiger partial charge in [0.2, 0.25) is 0 Å². The van der Waals surface area contributed by atoms with Crippen molar-refractivity contribution in [2.24, 2.45) is 0 Å². The molecule has 5 rings (SSSR count). The van der Waals surface area contributed by atoms with Crippen molar-refractivity contribution in [1.82, 2.24) is 14.8 Å². The fourth-order valence-corrected chi connectivity index (χ4v) is 4.99. The zero-order chi connectivity index (χ0) is 20.9. The molecule has 2 aliphatic heterocycles. The second-order valence-corrected chi connectivity index (χ2v) is 9.04. The lowest BCUT2D eigenvalue weighted by atomic mass is 10.1. The van der Waals surface area contributed by atoms with Gasteiger partial charge in [-0.05, 0) is 82.2 Å². The number of hydrogen-bond donors (Lipinski definition) is 1. The number of piperidine rings is 2. The average molecular weight is 422 g/mol. The highest BCUT2D eigenvalue weighted by Crippen LogP contribution is 2.31. The average Bonchev–Trinajstić information content (AvgIpc) is 3.18. The lowest BCUT2D eigenvalue weighted by Crippen LogP contribution is -2.33. The molecule has 5 heteroatoms. The monoisotopic (exact) mass is 421 g/mol. The van der Waals surface area contributed by atoms with Crippen molar-refractivity contribution in [2.75, 3.05) is 52.5 Å². The van der Waals surface area contributed by atoms with Gasteiger partial charge in [-0.25, -0.2) is 0 Å². The molecule has 2 aliphatic rings. The molecule has 31 heavy (non-hydrogen) atoms. The van der Waals surface area contributed by atoms with Crippen molar-refractivity contribution in [3.05, 3.63) is 36.4 Å². The van der Waals surface area contributed by atoms with Crippen LogP contribution in [0.15, 0.2) is 36.4 Å². The van der Waals surface area contributed by atoms with Crippen LogP contribution in [0.4, 0.5) is 0 Å². The first-order valence-corrected chi connectivity index (χ1v) is 12.1. The fourth-order valence-electron chi connectivity index (χ4n) is 4.99. The fraction of sp³-hybridized carbons (Fsp3) is 0.538. The number of hydrogen-bond acceptors (Lipinski definition) is 4. The molecule has 166 valence electrons. The molecule has 1 aromatic heterocycles. The molecule has 1 N–H and O–H groups in total. The summed E-state index contributed by atoms with van der Waals surface area (Å²) in [6.07, 6.45) is 8.05. The second kappa shape index (κ2) is 9.92. The van der Waals surface area contributed by atoms with Crippen LogP contribution in [-0.4, -0.2) is 67.3 Å². The summed E-state index contributed by atoms with van der Waals surface area (Å²) in [6, 6.07) is 12.8. The number of fused-ring (bicyclic) bond motifs is 3. The van der Waals surface area contributed by atoms with Gasteiger partial charge in [-0.15, -0.1) is 0 Å². The van der Waals surface area contributed by atoms with E-state index < -0.39 is 0 Å². The Bertz CT molecular complexity index is 987. The lowest BCUT2D eigenvalue weighted by molar-refractivity contribution is 0.183. The Labute approximate surface area is 185 Å². The summed E-state index contributed by atoms with van der Waals surface area (Å²) in [5.41, 5.74) is 2.26. The van der Waals surface area contributed by atoms with E-state index in [-0.39, 0.29) is 0 Å². The highest BCUT2D eigenvalue weighted by Gasteiger charge is 2.12. The van der Waals surface area contributed by atoms with Gasteiger partial charge in [0, 0.05) is 35.4 Å². The molecular weight excluding hydrogens is 386 g/mol. The Morgan fingerprint density at radius 1 is 0.613 bits per heavy atom. The van der Waals surface area contributed by atoms with Gasteiger partial charge in [0.1, 0.15) is 24.7 Å². The standard InChI is InChI=1S/C26H35N3O2/c1-3-11-28(12-4-1)15-17-30-21-8-10-25-24(19-21)23-9-7-22(20-26(23)27-25)31-18-16-29-13-5-2-6-14-29/h7-10,19-20,27H,1-6,11-18H2. The molecule has 0 saturated carbocycles.